The van der Waals surface area contributed by atoms with E-state index in [9.17, 15) is 0 Å². The fourth-order valence-corrected chi connectivity index (χ4v) is 3.14. The van der Waals surface area contributed by atoms with E-state index in [4.69, 9.17) is 4.52 Å². The lowest BCUT2D eigenvalue weighted by molar-refractivity contribution is 0.339. The van der Waals surface area contributed by atoms with E-state index < -0.39 is 0 Å². The fraction of sp³-hybridized carbons (Fsp3) is 0.500. The van der Waals surface area contributed by atoms with E-state index in [1.54, 1.807) is 0 Å². The minimum Gasteiger partial charge on any atom is -0.337 e. The van der Waals surface area contributed by atoms with Gasteiger partial charge in [0.15, 0.2) is 5.82 Å². The highest BCUT2D eigenvalue weighted by Gasteiger charge is 2.49. The molecule has 4 rings (SSSR count). The molecule has 1 aliphatic carbocycles. The maximum absolute atomic E-state index is 5.53. The smallest absolute Gasteiger partial charge is 0.248 e. The molecule has 1 aromatic carbocycles. The topological polar surface area (TPSA) is 51.0 Å². The van der Waals surface area contributed by atoms with Crippen molar-refractivity contribution >= 4 is 0 Å². The van der Waals surface area contributed by atoms with E-state index in [2.05, 4.69) is 53.6 Å². The van der Waals surface area contributed by atoms with Crippen LogP contribution in [0, 0.1) is 5.41 Å². The first-order valence-corrected chi connectivity index (χ1v) is 7.30. The predicted molar refractivity (Wildman–Crippen MR) is 75.4 cm³/mol. The van der Waals surface area contributed by atoms with Crippen LogP contribution in [0.4, 0.5) is 0 Å². The van der Waals surface area contributed by atoms with Gasteiger partial charge >= 0.3 is 0 Å². The molecule has 1 N–H and O–H groups in total. The Hall–Kier alpha value is -1.68. The fourth-order valence-electron chi connectivity index (χ4n) is 3.14. The molecule has 4 nitrogen and oxygen atoms in total. The lowest BCUT2D eigenvalue weighted by atomic mass is 9.94. The van der Waals surface area contributed by atoms with Crippen LogP contribution in [0.2, 0.25) is 0 Å². The van der Waals surface area contributed by atoms with Crippen molar-refractivity contribution in [3.63, 3.8) is 0 Å². The molecule has 2 atom stereocenters. The average molecular weight is 269 g/mol. The maximum atomic E-state index is 5.53. The van der Waals surface area contributed by atoms with E-state index >= 15 is 0 Å². The highest BCUT2D eigenvalue weighted by molar-refractivity contribution is 5.35. The standard InChI is InChI=1S/C16H19N3O/c1-16(2)9-12(16)14-18-15(20-19-14)13-11-6-4-3-5-10(11)7-8-17-13/h3-6,12-13,17H,7-9H2,1-2H3. The second kappa shape index (κ2) is 4.16. The maximum Gasteiger partial charge on any atom is 0.248 e. The van der Waals surface area contributed by atoms with E-state index in [0.717, 1.165) is 25.2 Å². The van der Waals surface area contributed by atoms with Crippen molar-refractivity contribution in [2.75, 3.05) is 6.54 Å². The first kappa shape index (κ1) is 12.1. The molecule has 2 aromatic rings. The molecule has 4 heteroatoms. The molecule has 1 fully saturated rings. The molecule has 1 aliphatic heterocycles. The Bertz CT molecular complexity index is 647. The third kappa shape index (κ3) is 1.86. The third-order valence-electron chi connectivity index (χ3n) is 4.64. The molecule has 20 heavy (non-hydrogen) atoms. The van der Waals surface area contributed by atoms with Crippen LogP contribution in [0.25, 0.3) is 0 Å². The van der Waals surface area contributed by atoms with Gasteiger partial charge in [-0.3, -0.25) is 0 Å². The van der Waals surface area contributed by atoms with Crippen molar-refractivity contribution in [1.82, 2.24) is 15.5 Å². The Morgan fingerprint density at radius 1 is 1.30 bits per heavy atom. The van der Waals surface area contributed by atoms with Crippen molar-refractivity contribution in [1.29, 1.82) is 0 Å². The van der Waals surface area contributed by atoms with Gasteiger partial charge in [-0.15, -0.1) is 0 Å². The van der Waals surface area contributed by atoms with Crippen LogP contribution in [0.1, 0.15) is 55.1 Å². The number of benzene rings is 1. The zero-order valence-electron chi connectivity index (χ0n) is 11.9. The summed E-state index contributed by atoms with van der Waals surface area (Å²) >= 11 is 0. The number of fused-ring (bicyclic) bond motifs is 1. The minimum absolute atomic E-state index is 0.0445. The number of rotatable bonds is 2. The number of nitrogens with one attached hydrogen (secondary N) is 1. The van der Waals surface area contributed by atoms with Gasteiger partial charge in [-0.25, -0.2) is 0 Å². The van der Waals surface area contributed by atoms with E-state index in [1.807, 2.05) is 0 Å². The minimum atomic E-state index is 0.0445. The Labute approximate surface area is 118 Å². The second-order valence-electron chi connectivity index (χ2n) is 6.57. The van der Waals surface area contributed by atoms with Gasteiger partial charge < -0.3 is 9.84 Å². The molecule has 2 unspecified atom stereocenters. The summed E-state index contributed by atoms with van der Waals surface area (Å²) in [5, 5.41) is 7.68. The quantitative estimate of drug-likeness (QED) is 0.910. The van der Waals surface area contributed by atoms with Crippen molar-refractivity contribution in [2.24, 2.45) is 5.41 Å². The van der Waals surface area contributed by atoms with Gasteiger partial charge in [-0.1, -0.05) is 43.3 Å². The average Bonchev–Trinajstić information content (AvgIpc) is 2.89. The molecular formula is C16H19N3O. The van der Waals surface area contributed by atoms with Gasteiger partial charge in [0.2, 0.25) is 5.89 Å². The molecule has 0 spiro atoms. The first-order chi connectivity index (χ1) is 9.65. The van der Waals surface area contributed by atoms with Crippen LogP contribution in [0.3, 0.4) is 0 Å². The van der Waals surface area contributed by atoms with Crippen LogP contribution in [0.5, 0.6) is 0 Å². The number of hydrogen-bond acceptors (Lipinski definition) is 4. The van der Waals surface area contributed by atoms with Crippen LogP contribution in [-0.2, 0) is 6.42 Å². The molecule has 0 radical (unpaired) electrons. The van der Waals surface area contributed by atoms with Crippen molar-refractivity contribution < 1.29 is 4.52 Å². The highest BCUT2D eigenvalue weighted by Crippen LogP contribution is 2.57. The molecule has 0 bridgehead atoms. The van der Waals surface area contributed by atoms with Crippen LogP contribution in [-0.4, -0.2) is 16.7 Å². The van der Waals surface area contributed by atoms with E-state index in [0.29, 0.717) is 17.2 Å². The van der Waals surface area contributed by atoms with Crippen molar-refractivity contribution in [2.45, 2.75) is 38.6 Å². The Morgan fingerprint density at radius 3 is 2.90 bits per heavy atom. The first-order valence-electron chi connectivity index (χ1n) is 7.30. The van der Waals surface area contributed by atoms with Gasteiger partial charge in [-0.05, 0) is 29.4 Å². The lowest BCUT2D eigenvalue weighted by Gasteiger charge is -2.23. The summed E-state index contributed by atoms with van der Waals surface area (Å²) in [6.07, 6.45) is 2.21. The molecular weight excluding hydrogens is 250 g/mol. The van der Waals surface area contributed by atoms with Gasteiger partial charge in [0.1, 0.15) is 6.04 Å². The summed E-state index contributed by atoms with van der Waals surface area (Å²) in [5.41, 5.74) is 2.98. The summed E-state index contributed by atoms with van der Waals surface area (Å²) in [4.78, 5) is 4.65. The van der Waals surface area contributed by atoms with Gasteiger partial charge in [-0.2, -0.15) is 4.98 Å². The number of aromatic nitrogens is 2. The Morgan fingerprint density at radius 2 is 2.10 bits per heavy atom. The molecule has 1 saturated carbocycles. The van der Waals surface area contributed by atoms with Crippen molar-refractivity contribution in [3.05, 3.63) is 47.1 Å². The van der Waals surface area contributed by atoms with Gasteiger partial charge in [0.25, 0.3) is 0 Å². The predicted octanol–water partition coefficient (Wildman–Crippen LogP) is 2.82. The van der Waals surface area contributed by atoms with E-state index in [1.165, 1.54) is 11.1 Å². The monoisotopic (exact) mass is 269 g/mol. The SMILES string of the molecule is CC1(C)CC1c1noc(C2NCCc3ccccc32)n1. The Kier molecular flexibility index (Phi) is 2.51. The lowest BCUT2D eigenvalue weighted by Crippen LogP contribution is -2.30. The summed E-state index contributed by atoms with van der Waals surface area (Å²) < 4.78 is 5.53. The molecule has 0 amide bonds. The summed E-state index contributed by atoms with van der Waals surface area (Å²) in [6, 6.07) is 8.54. The number of hydrogen-bond donors (Lipinski definition) is 1. The Balaban J connectivity index is 1.66. The van der Waals surface area contributed by atoms with Crippen LogP contribution >= 0.6 is 0 Å². The van der Waals surface area contributed by atoms with Crippen molar-refractivity contribution in [3.8, 4) is 0 Å². The molecule has 1 aromatic heterocycles. The van der Waals surface area contributed by atoms with Gasteiger partial charge in [0, 0.05) is 12.5 Å². The highest BCUT2D eigenvalue weighted by atomic mass is 16.5. The largest absolute Gasteiger partial charge is 0.337 e. The number of nitrogens with zero attached hydrogens (tertiary/aromatic N) is 2. The molecule has 104 valence electrons. The summed E-state index contributed by atoms with van der Waals surface area (Å²) in [6.45, 7) is 5.46. The molecule has 2 heterocycles. The van der Waals surface area contributed by atoms with Gasteiger partial charge in [0.05, 0.1) is 0 Å². The van der Waals surface area contributed by atoms with Crippen LogP contribution in [0.15, 0.2) is 28.8 Å². The second-order valence-corrected chi connectivity index (χ2v) is 6.57. The molecule has 0 saturated heterocycles. The summed E-state index contributed by atoms with van der Waals surface area (Å²) in [5.74, 6) is 2.03. The van der Waals surface area contributed by atoms with Crippen LogP contribution < -0.4 is 5.32 Å². The van der Waals surface area contributed by atoms with E-state index in [-0.39, 0.29) is 6.04 Å². The zero-order chi connectivity index (χ0) is 13.7. The molecule has 2 aliphatic rings. The summed E-state index contributed by atoms with van der Waals surface area (Å²) in [7, 11) is 0. The zero-order valence-corrected chi connectivity index (χ0v) is 11.9. The third-order valence-corrected chi connectivity index (χ3v) is 4.64. The normalized spacial score (nSPS) is 27.1.